The van der Waals surface area contributed by atoms with Crippen molar-refractivity contribution < 1.29 is 4.79 Å². The summed E-state index contributed by atoms with van der Waals surface area (Å²) >= 11 is 9.27. The molecule has 0 aliphatic heterocycles. The lowest BCUT2D eigenvalue weighted by Gasteiger charge is -2.05. The molecule has 0 aliphatic carbocycles. The van der Waals surface area contributed by atoms with Gasteiger partial charge < -0.3 is 5.73 Å². The van der Waals surface area contributed by atoms with E-state index in [0.29, 0.717) is 20.7 Å². The Kier molecular flexibility index (Phi) is 3.99. The molecule has 0 radical (unpaired) electrons. The first-order valence-corrected chi connectivity index (χ1v) is 6.41. The molecule has 18 heavy (non-hydrogen) atoms. The summed E-state index contributed by atoms with van der Waals surface area (Å²) in [6.45, 7) is 0. The number of pyridine rings is 1. The number of rotatable bonds is 3. The van der Waals surface area contributed by atoms with Gasteiger partial charge in [-0.1, -0.05) is 11.6 Å². The SMILES string of the molecule is Nc1ccc(C(=O)Cc2ccncc2Cl)cc1Br. The van der Waals surface area contributed by atoms with E-state index in [0.717, 1.165) is 5.56 Å². The average Bonchev–Trinajstić information content (AvgIpc) is 2.35. The highest BCUT2D eigenvalue weighted by Gasteiger charge is 2.10. The minimum atomic E-state index is -0.0104. The van der Waals surface area contributed by atoms with Crippen LogP contribution >= 0.6 is 27.5 Å². The molecular formula is C13H10BrClN2O. The molecule has 0 unspecified atom stereocenters. The van der Waals surface area contributed by atoms with Crippen LogP contribution in [0.1, 0.15) is 15.9 Å². The number of halogens is 2. The second kappa shape index (κ2) is 5.50. The number of ketones is 1. The Balaban J connectivity index is 2.22. The first-order chi connectivity index (χ1) is 8.58. The fraction of sp³-hybridized carbons (Fsp3) is 0.0769. The van der Waals surface area contributed by atoms with Gasteiger partial charge in [0.25, 0.3) is 0 Å². The van der Waals surface area contributed by atoms with Crippen LogP contribution < -0.4 is 5.73 Å². The van der Waals surface area contributed by atoms with Crippen LogP contribution in [0.2, 0.25) is 5.02 Å². The summed E-state index contributed by atoms with van der Waals surface area (Å²) in [6, 6.07) is 6.86. The van der Waals surface area contributed by atoms with Crippen LogP contribution in [0.15, 0.2) is 41.1 Å². The Hall–Kier alpha value is -1.39. The molecule has 0 saturated heterocycles. The number of aromatic nitrogens is 1. The second-order valence-corrected chi connectivity index (χ2v) is 5.06. The molecule has 1 aromatic heterocycles. The van der Waals surface area contributed by atoms with Crippen LogP contribution in [-0.2, 0) is 6.42 Å². The molecule has 92 valence electrons. The number of hydrogen-bond donors (Lipinski definition) is 1. The molecule has 0 fully saturated rings. The molecule has 3 nitrogen and oxygen atoms in total. The van der Waals surface area contributed by atoms with Gasteiger partial charge in [0.05, 0.1) is 5.02 Å². The summed E-state index contributed by atoms with van der Waals surface area (Å²) in [6.07, 6.45) is 3.40. The van der Waals surface area contributed by atoms with E-state index in [1.165, 1.54) is 6.20 Å². The quantitative estimate of drug-likeness (QED) is 0.694. The third-order valence-electron chi connectivity index (χ3n) is 2.53. The van der Waals surface area contributed by atoms with E-state index >= 15 is 0 Å². The number of nitrogens with two attached hydrogens (primary N) is 1. The zero-order valence-electron chi connectivity index (χ0n) is 9.36. The van der Waals surface area contributed by atoms with E-state index in [2.05, 4.69) is 20.9 Å². The van der Waals surface area contributed by atoms with Gasteiger partial charge >= 0.3 is 0 Å². The van der Waals surface area contributed by atoms with E-state index in [1.807, 2.05) is 0 Å². The van der Waals surface area contributed by atoms with Gasteiger partial charge in [-0.2, -0.15) is 0 Å². The molecule has 0 aliphatic rings. The number of nitrogen functional groups attached to an aromatic ring is 1. The molecular weight excluding hydrogens is 316 g/mol. The number of carbonyl (C=O) groups is 1. The molecule has 0 saturated carbocycles. The summed E-state index contributed by atoms with van der Waals surface area (Å²) < 4.78 is 0.717. The smallest absolute Gasteiger partial charge is 0.167 e. The number of Topliss-reactive ketones (excluding diaryl/α,β-unsaturated/α-hetero) is 1. The standard InChI is InChI=1S/C13H10BrClN2O/c14-10-5-9(1-2-12(10)16)13(18)6-8-3-4-17-7-11(8)15/h1-5,7H,6,16H2. The van der Waals surface area contributed by atoms with Crippen molar-refractivity contribution in [2.45, 2.75) is 6.42 Å². The maximum Gasteiger partial charge on any atom is 0.167 e. The van der Waals surface area contributed by atoms with Crippen molar-refractivity contribution >= 4 is 39.0 Å². The second-order valence-electron chi connectivity index (χ2n) is 3.80. The van der Waals surface area contributed by atoms with Gasteiger partial charge in [0, 0.05) is 34.5 Å². The van der Waals surface area contributed by atoms with Crippen molar-refractivity contribution in [3.8, 4) is 0 Å². The van der Waals surface area contributed by atoms with Gasteiger partial charge in [0.15, 0.2) is 5.78 Å². The number of anilines is 1. The van der Waals surface area contributed by atoms with Crippen LogP contribution in [0.25, 0.3) is 0 Å². The Labute approximate surface area is 118 Å². The molecule has 0 spiro atoms. The lowest BCUT2D eigenvalue weighted by atomic mass is 10.0. The fourth-order valence-corrected chi connectivity index (χ4v) is 2.09. The lowest BCUT2D eigenvalue weighted by Crippen LogP contribution is -2.04. The van der Waals surface area contributed by atoms with Gasteiger partial charge in [-0.3, -0.25) is 9.78 Å². The minimum absolute atomic E-state index is 0.0104. The number of benzene rings is 1. The summed E-state index contributed by atoms with van der Waals surface area (Å²) in [5.74, 6) is -0.0104. The van der Waals surface area contributed by atoms with Crippen LogP contribution in [0, 0.1) is 0 Å². The minimum Gasteiger partial charge on any atom is -0.398 e. The topological polar surface area (TPSA) is 56.0 Å². The molecule has 2 N–H and O–H groups in total. The number of carbonyl (C=O) groups excluding carboxylic acids is 1. The lowest BCUT2D eigenvalue weighted by molar-refractivity contribution is 0.0993. The predicted octanol–water partition coefficient (Wildman–Crippen LogP) is 3.51. The highest BCUT2D eigenvalue weighted by atomic mass is 79.9. The maximum atomic E-state index is 12.1. The van der Waals surface area contributed by atoms with Crippen molar-refractivity contribution in [1.29, 1.82) is 0 Å². The van der Waals surface area contributed by atoms with Crippen LogP contribution in [0.4, 0.5) is 5.69 Å². The van der Waals surface area contributed by atoms with Gasteiger partial charge in [0.1, 0.15) is 0 Å². The first kappa shape index (κ1) is 13.1. The molecule has 2 aromatic rings. The monoisotopic (exact) mass is 324 g/mol. The van der Waals surface area contributed by atoms with E-state index < -0.39 is 0 Å². The van der Waals surface area contributed by atoms with Crippen molar-refractivity contribution in [3.05, 3.63) is 57.3 Å². The van der Waals surface area contributed by atoms with Crippen LogP contribution in [0.3, 0.4) is 0 Å². The molecule has 1 heterocycles. The summed E-state index contributed by atoms with van der Waals surface area (Å²) in [4.78, 5) is 16.0. The number of hydrogen-bond acceptors (Lipinski definition) is 3. The van der Waals surface area contributed by atoms with Crippen molar-refractivity contribution in [2.75, 3.05) is 5.73 Å². The van der Waals surface area contributed by atoms with Crippen molar-refractivity contribution in [2.24, 2.45) is 0 Å². The molecule has 2 rings (SSSR count). The van der Waals surface area contributed by atoms with Gasteiger partial charge in [-0.15, -0.1) is 0 Å². The van der Waals surface area contributed by atoms with Crippen molar-refractivity contribution in [3.63, 3.8) is 0 Å². The summed E-state index contributed by atoms with van der Waals surface area (Å²) in [5, 5.41) is 0.500. The van der Waals surface area contributed by atoms with E-state index in [9.17, 15) is 4.79 Å². The average molecular weight is 326 g/mol. The Morgan fingerprint density at radius 2 is 2.17 bits per heavy atom. The fourth-order valence-electron chi connectivity index (χ4n) is 1.52. The summed E-state index contributed by atoms with van der Waals surface area (Å²) in [7, 11) is 0. The third kappa shape index (κ3) is 2.89. The van der Waals surface area contributed by atoms with E-state index in [4.69, 9.17) is 17.3 Å². The third-order valence-corrected chi connectivity index (χ3v) is 3.56. The van der Waals surface area contributed by atoms with Gasteiger partial charge in [-0.05, 0) is 45.8 Å². The largest absolute Gasteiger partial charge is 0.398 e. The molecule has 0 atom stereocenters. The summed E-state index contributed by atoms with van der Waals surface area (Å²) in [5.41, 5.74) is 7.65. The number of nitrogens with zero attached hydrogens (tertiary/aromatic N) is 1. The molecule has 5 heteroatoms. The first-order valence-electron chi connectivity index (χ1n) is 5.24. The van der Waals surface area contributed by atoms with E-state index in [-0.39, 0.29) is 12.2 Å². The van der Waals surface area contributed by atoms with Crippen molar-refractivity contribution in [1.82, 2.24) is 4.98 Å². The van der Waals surface area contributed by atoms with Crippen LogP contribution in [-0.4, -0.2) is 10.8 Å². The predicted molar refractivity (Wildman–Crippen MR) is 75.8 cm³/mol. The Morgan fingerprint density at radius 1 is 1.39 bits per heavy atom. The van der Waals surface area contributed by atoms with Gasteiger partial charge in [0.2, 0.25) is 0 Å². The van der Waals surface area contributed by atoms with E-state index in [1.54, 1.807) is 30.5 Å². The highest BCUT2D eigenvalue weighted by Crippen LogP contribution is 2.22. The Bertz CT molecular complexity index is 601. The highest BCUT2D eigenvalue weighted by molar-refractivity contribution is 9.10. The molecule has 0 bridgehead atoms. The van der Waals surface area contributed by atoms with Crippen LogP contribution in [0.5, 0.6) is 0 Å². The maximum absolute atomic E-state index is 12.1. The zero-order valence-corrected chi connectivity index (χ0v) is 11.7. The molecule has 1 aromatic carbocycles. The molecule has 0 amide bonds. The zero-order chi connectivity index (χ0) is 13.1. The normalized spacial score (nSPS) is 10.3. The van der Waals surface area contributed by atoms with Gasteiger partial charge in [-0.25, -0.2) is 0 Å². The Morgan fingerprint density at radius 3 is 2.83 bits per heavy atom.